The number of rotatable bonds is 25. The van der Waals surface area contributed by atoms with Crippen molar-refractivity contribution < 1.29 is 0 Å². The van der Waals surface area contributed by atoms with E-state index in [1.165, 1.54) is 217 Å². The standard InChI is InChI=1S/C69H83B/c1-7-10-13-16-19-26-41-68(42-27-20-17-14-11-8-2)63-45-53(49(4)5)38-40-59(63)66-56-31-24-22-29-54(56)60(46-64(66)68)51-34-36-52(37-35-51)61-47-65-67(57-32-25-23-30-55(57)61)58-39-33-50(6)44-62(58)69(65,48-70)43-28-21-18-15-12-9-3/h22-25,29-40,44-47,49H,7-21,26-28,41-43,48H2,1-6H3. The summed E-state index contributed by atoms with van der Waals surface area (Å²) >= 11 is 0. The topological polar surface area (TPSA) is 0 Å². The van der Waals surface area contributed by atoms with Gasteiger partial charge in [-0.3, -0.25) is 0 Å². The number of hydrogen-bond donors (Lipinski definition) is 0. The molecule has 362 valence electrons. The van der Waals surface area contributed by atoms with Crippen LogP contribution in [0.4, 0.5) is 0 Å². The second-order valence-electron chi connectivity index (χ2n) is 22.3. The van der Waals surface area contributed by atoms with Gasteiger partial charge >= 0.3 is 0 Å². The first kappa shape index (κ1) is 50.1. The van der Waals surface area contributed by atoms with Crippen LogP contribution < -0.4 is 0 Å². The summed E-state index contributed by atoms with van der Waals surface area (Å²) in [6, 6.07) is 48.3. The normalized spacial score (nSPS) is 15.5. The molecule has 2 radical (unpaired) electrons. The van der Waals surface area contributed by atoms with Crippen molar-refractivity contribution in [1.82, 2.24) is 0 Å². The van der Waals surface area contributed by atoms with Gasteiger partial charge in [0.15, 0.2) is 0 Å². The molecule has 0 bridgehead atoms. The smallest absolute Gasteiger partial charge is 0.0669 e. The van der Waals surface area contributed by atoms with E-state index in [0.717, 1.165) is 6.42 Å². The van der Waals surface area contributed by atoms with Crippen molar-refractivity contribution in [3.8, 4) is 44.5 Å². The van der Waals surface area contributed by atoms with Crippen LogP contribution >= 0.6 is 0 Å². The van der Waals surface area contributed by atoms with Gasteiger partial charge in [-0.2, -0.15) is 0 Å². The minimum atomic E-state index is -0.200. The lowest BCUT2D eigenvalue weighted by Gasteiger charge is -2.34. The van der Waals surface area contributed by atoms with Crippen LogP contribution in [0, 0.1) is 6.92 Å². The predicted octanol–water partition coefficient (Wildman–Crippen LogP) is 21.1. The average molecular weight is 923 g/mol. The summed E-state index contributed by atoms with van der Waals surface area (Å²) in [5.41, 5.74) is 19.7. The molecule has 0 heterocycles. The van der Waals surface area contributed by atoms with Crippen LogP contribution in [0.5, 0.6) is 0 Å². The zero-order valence-corrected chi connectivity index (χ0v) is 44.3. The summed E-state index contributed by atoms with van der Waals surface area (Å²) in [4.78, 5) is 0. The Morgan fingerprint density at radius 3 is 1.24 bits per heavy atom. The van der Waals surface area contributed by atoms with Crippen LogP contribution in [0.25, 0.3) is 66.1 Å². The Hall–Kier alpha value is -4.88. The van der Waals surface area contributed by atoms with Crippen LogP contribution in [-0.4, -0.2) is 7.85 Å². The Morgan fingerprint density at radius 2 is 0.786 bits per heavy atom. The highest BCUT2D eigenvalue weighted by molar-refractivity contribution is 6.14. The van der Waals surface area contributed by atoms with Crippen LogP contribution in [0.2, 0.25) is 6.32 Å². The zero-order valence-electron chi connectivity index (χ0n) is 44.3. The Morgan fingerprint density at radius 1 is 0.386 bits per heavy atom. The number of hydrogen-bond acceptors (Lipinski definition) is 0. The molecule has 7 aromatic rings. The second-order valence-corrected chi connectivity index (χ2v) is 22.3. The maximum atomic E-state index is 7.08. The fourth-order valence-electron chi connectivity index (χ4n) is 13.4. The van der Waals surface area contributed by atoms with Gasteiger partial charge in [-0.25, -0.2) is 0 Å². The molecule has 1 unspecified atom stereocenters. The Labute approximate surface area is 425 Å². The predicted molar refractivity (Wildman–Crippen MR) is 308 cm³/mol. The van der Waals surface area contributed by atoms with Crippen LogP contribution in [-0.2, 0) is 10.8 Å². The quantitative estimate of drug-likeness (QED) is 0.0396. The van der Waals surface area contributed by atoms with Crippen molar-refractivity contribution in [2.75, 3.05) is 0 Å². The lowest BCUT2D eigenvalue weighted by atomic mass is 9.65. The molecule has 0 nitrogen and oxygen atoms in total. The van der Waals surface area contributed by atoms with Gasteiger partial charge in [-0.15, -0.1) is 0 Å². The van der Waals surface area contributed by atoms with Crippen molar-refractivity contribution in [1.29, 1.82) is 0 Å². The molecule has 0 aliphatic heterocycles. The Kier molecular flexibility index (Phi) is 16.2. The van der Waals surface area contributed by atoms with Crippen LogP contribution in [0.1, 0.15) is 209 Å². The molecule has 0 saturated heterocycles. The first-order valence-corrected chi connectivity index (χ1v) is 28.5. The van der Waals surface area contributed by atoms with Gasteiger partial charge in [0.05, 0.1) is 7.85 Å². The number of fused-ring (bicyclic) bond motifs is 10. The zero-order chi connectivity index (χ0) is 48.7. The van der Waals surface area contributed by atoms with E-state index in [2.05, 4.69) is 163 Å². The number of benzene rings is 7. The van der Waals surface area contributed by atoms with Gasteiger partial charge in [-0.05, 0) is 138 Å². The summed E-state index contributed by atoms with van der Waals surface area (Å²) in [5, 5.41) is 5.44. The van der Waals surface area contributed by atoms with E-state index in [4.69, 9.17) is 7.85 Å². The van der Waals surface area contributed by atoms with E-state index in [-0.39, 0.29) is 10.8 Å². The van der Waals surface area contributed by atoms with Crippen molar-refractivity contribution in [2.24, 2.45) is 0 Å². The second kappa shape index (κ2) is 22.7. The molecule has 1 atom stereocenters. The van der Waals surface area contributed by atoms with Gasteiger partial charge in [0.25, 0.3) is 0 Å². The highest BCUT2D eigenvalue weighted by atomic mass is 14.5. The van der Waals surface area contributed by atoms with Crippen LogP contribution in [0.15, 0.2) is 121 Å². The molecule has 2 aliphatic rings. The van der Waals surface area contributed by atoms with E-state index in [9.17, 15) is 0 Å². The highest BCUT2D eigenvalue weighted by Crippen LogP contribution is 2.59. The fourth-order valence-corrected chi connectivity index (χ4v) is 13.4. The average Bonchev–Trinajstić information content (AvgIpc) is 3.82. The monoisotopic (exact) mass is 923 g/mol. The first-order chi connectivity index (χ1) is 34.3. The largest absolute Gasteiger partial charge is 0.0751 e. The number of aryl methyl sites for hydroxylation is 1. The van der Waals surface area contributed by atoms with E-state index in [1.807, 2.05) is 0 Å². The third-order valence-corrected chi connectivity index (χ3v) is 17.3. The highest BCUT2D eigenvalue weighted by Gasteiger charge is 2.45. The molecule has 9 rings (SSSR count). The molecule has 70 heavy (non-hydrogen) atoms. The minimum Gasteiger partial charge on any atom is -0.0751 e. The molecule has 0 saturated carbocycles. The molecule has 2 aliphatic carbocycles. The fraction of sp³-hybridized carbons (Fsp3) is 0.449. The van der Waals surface area contributed by atoms with Gasteiger partial charge in [0, 0.05) is 10.8 Å². The Bertz CT molecular complexity index is 2860. The van der Waals surface area contributed by atoms with Crippen LogP contribution in [0.3, 0.4) is 0 Å². The summed E-state index contributed by atoms with van der Waals surface area (Å²) < 4.78 is 0. The molecule has 7 aromatic carbocycles. The van der Waals surface area contributed by atoms with Crippen molar-refractivity contribution in [2.45, 2.75) is 199 Å². The Balaban J connectivity index is 1.15. The van der Waals surface area contributed by atoms with Gasteiger partial charge in [0.1, 0.15) is 0 Å². The van der Waals surface area contributed by atoms with Gasteiger partial charge in [0.2, 0.25) is 0 Å². The van der Waals surface area contributed by atoms with E-state index in [0.29, 0.717) is 12.2 Å². The molecular formula is C69H83B. The van der Waals surface area contributed by atoms with E-state index in [1.54, 1.807) is 11.1 Å². The summed E-state index contributed by atoms with van der Waals surface area (Å²) in [6.07, 6.45) is 27.8. The summed E-state index contributed by atoms with van der Waals surface area (Å²) in [7, 11) is 7.08. The van der Waals surface area contributed by atoms with Crippen molar-refractivity contribution in [3.63, 3.8) is 0 Å². The molecule has 0 spiro atoms. The maximum absolute atomic E-state index is 7.08. The molecule has 1 heteroatoms. The molecule has 0 aromatic heterocycles. The third-order valence-electron chi connectivity index (χ3n) is 17.3. The molecule has 0 amide bonds. The molecular weight excluding hydrogens is 840 g/mol. The lowest BCUT2D eigenvalue weighted by molar-refractivity contribution is 0.397. The van der Waals surface area contributed by atoms with E-state index < -0.39 is 0 Å². The van der Waals surface area contributed by atoms with Crippen molar-refractivity contribution >= 4 is 29.4 Å². The third kappa shape index (κ3) is 9.62. The number of unbranched alkanes of at least 4 members (excludes halogenated alkanes) is 15. The SMILES string of the molecule is [B]CC1(CCCCCCCC)c2cc(C)ccc2-c2c1cc(-c1ccc(-c3cc4c(c5ccccc35)-c3ccc(C(C)C)cc3C4(CCCCCCCC)CCCCCCCC)cc1)c1ccccc21. The first-order valence-electron chi connectivity index (χ1n) is 28.5. The van der Waals surface area contributed by atoms with Crippen molar-refractivity contribution in [3.05, 3.63) is 155 Å². The molecule has 0 fully saturated rings. The maximum Gasteiger partial charge on any atom is 0.0669 e. The summed E-state index contributed by atoms with van der Waals surface area (Å²) in [6.45, 7) is 14.0. The summed E-state index contributed by atoms with van der Waals surface area (Å²) in [5.74, 6) is 0.495. The van der Waals surface area contributed by atoms with E-state index >= 15 is 0 Å². The molecule has 0 N–H and O–H groups in total. The van der Waals surface area contributed by atoms with Gasteiger partial charge in [-0.1, -0.05) is 271 Å². The lowest BCUT2D eigenvalue weighted by Crippen LogP contribution is -2.26. The minimum absolute atomic E-state index is 0.00818. The van der Waals surface area contributed by atoms with Gasteiger partial charge < -0.3 is 0 Å².